The first-order valence-electron chi connectivity index (χ1n) is 21.5. The Kier molecular flexibility index (Phi) is 38.7. The number of allylic oxidation sites excluding steroid dienone is 10. The lowest BCUT2D eigenvalue weighted by atomic mass is 10.1. The number of carbonyl (C=O) groups excluding carboxylic acids is 2. The van der Waals surface area contributed by atoms with Crippen LogP contribution in [0.15, 0.2) is 72.9 Å². The molecule has 0 fully saturated rings. The Hall–Kier alpha value is -2.59. The Balaban J connectivity index is 4.34. The van der Waals surface area contributed by atoms with Gasteiger partial charge in [0.05, 0.1) is 19.3 Å². The highest BCUT2D eigenvalue weighted by molar-refractivity contribution is 7.47. The fourth-order valence-corrected chi connectivity index (χ4v) is 6.15. The summed E-state index contributed by atoms with van der Waals surface area (Å²) in [4.78, 5) is 34.8. The van der Waals surface area contributed by atoms with Crippen LogP contribution in [-0.4, -0.2) is 60.5 Å². The van der Waals surface area contributed by atoms with Gasteiger partial charge in [-0.25, -0.2) is 4.57 Å². The molecule has 0 aromatic carbocycles. The molecule has 0 amide bonds. The summed E-state index contributed by atoms with van der Waals surface area (Å²) in [6, 6.07) is 0. The maximum absolute atomic E-state index is 12.6. The van der Waals surface area contributed by atoms with Crippen molar-refractivity contribution in [2.45, 2.75) is 174 Å². The van der Waals surface area contributed by atoms with Gasteiger partial charge in [0.15, 0.2) is 6.10 Å². The van der Waals surface area contributed by atoms with Crippen molar-refractivity contribution in [3.63, 3.8) is 0 Å². The molecular weight excluding hydrogens is 729 g/mol. The van der Waals surface area contributed by atoms with E-state index in [4.69, 9.17) is 24.3 Å². The van der Waals surface area contributed by atoms with E-state index in [-0.39, 0.29) is 32.6 Å². The van der Waals surface area contributed by atoms with E-state index >= 15 is 0 Å². The highest BCUT2D eigenvalue weighted by Crippen LogP contribution is 2.43. The predicted molar refractivity (Wildman–Crippen MR) is 230 cm³/mol. The van der Waals surface area contributed by atoms with Crippen molar-refractivity contribution in [2.75, 3.05) is 26.4 Å². The third-order valence-corrected chi connectivity index (χ3v) is 9.63. The molecule has 11 heteroatoms. The van der Waals surface area contributed by atoms with Crippen molar-refractivity contribution in [1.29, 1.82) is 0 Å². The zero-order valence-electron chi connectivity index (χ0n) is 35.0. The van der Waals surface area contributed by atoms with Crippen LogP contribution in [0.25, 0.3) is 0 Å². The van der Waals surface area contributed by atoms with Crippen LogP contribution in [0, 0.1) is 0 Å². The molecule has 4 N–H and O–H groups in total. The van der Waals surface area contributed by atoms with Crippen LogP contribution in [-0.2, 0) is 32.7 Å². The molecule has 322 valence electrons. The molecule has 0 aliphatic heterocycles. The van der Waals surface area contributed by atoms with Crippen molar-refractivity contribution in [3.05, 3.63) is 72.9 Å². The number of unbranched alkanes of at least 4 members (excludes halogenated alkanes) is 14. The summed E-state index contributed by atoms with van der Waals surface area (Å²) in [7, 11) is -4.41. The fraction of sp³-hybridized carbons (Fsp3) is 0.689. The van der Waals surface area contributed by atoms with Gasteiger partial charge in [0, 0.05) is 19.4 Å². The lowest BCUT2D eigenvalue weighted by molar-refractivity contribution is -0.161. The summed E-state index contributed by atoms with van der Waals surface area (Å²) >= 11 is 0. The third kappa shape index (κ3) is 39.6. The Bertz CT molecular complexity index is 1160. The van der Waals surface area contributed by atoms with Crippen molar-refractivity contribution < 1.29 is 42.7 Å². The van der Waals surface area contributed by atoms with E-state index in [1.54, 1.807) is 6.08 Å². The van der Waals surface area contributed by atoms with Crippen LogP contribution in [0.1, 0.15) is 162 Å². The molecule has 10 nitrogen and oxygen atoms in total. The molecule has 0 aromatic heterocycles. The highest BCUT2D eigenvalue weighted by Gasteiger charge is 2.26. The van der Waals surface area contributed by atoms with Gasteiger partial charge in [-0.3, -0.25) is 18.6 Å². The number of carbonyl (C=O) groups is 2. The number of aliphatic hydroxyl groups is 1. The topological polar surface area (TPSA) is 155 Å². The Morgan fingerprint density at radius 1 is 0.625 bits per heavy atom. The molecule has 0 saturated heterocycles. The van der Waals surface area contributed by atoms with E-state index in [9.17, 15) is 24.2 Å². The van der Waals surface area contributed by atoms with Crippen LogP contribution in [0.4, 0.5) is 0 Å². The molecule has 0 heterocycles. The largest absolute Gasteiger partial charge is 0.472 e. The van der Waals surface area contributed by atoms with Crippen molar-refractivity contribution in [1.82, 2.24) is 0 Å². The molecule has 0 rings (SSSR count). The Morgan fingerprint density at radius 2 is 1.16 bits per heavy atom. The second-order valence-electron chi connectivity index (χ2n) is 14.1. The monoisotopic (exact) mass is 808 g/mol. The number of ether oxygens (including phenoxy) is 2. The second kappa shape index (κ2) is 40.6. The number of hydrogen-bond acceptors (Lipinski definition) is 9. The molecular formula is C45H78NO9P. The summed E-state index contributed by atoms with van der Waals surface area (Å²) in [5, 5.41) is 10.1. The van der Waals surface area contributed by atoms with Gasteiger partial charge >= 0.3 is 19.8 Å². The second-order valence-corrected chi connectivity index (χ2v) is 15.5. The minimum Gasteiger partial charge on any atom is -0.462 e. The van der Waals surface area contributed by atoms with Gasteiger partial charge in [0.2, 0.25) is 0 Å². The maximum atomic E-state index is 12.6. The van der Waals surface area contributed by atoms with E-state index in [2.05, 4.69) is 44.2 Å². The van der Waals surface area contributed by atoms with Gasteiger partial charge in [-0.05, 0) is 77.0 Å². The van der Waals surface area contributed by atoms with E-state index in [1.165, 1.54) is 64.2 Å². The molecule has 0 aliphatic rings. The van der Waals surface area contributed by atoms with Crippen LogP contribution in [0.5, 0.6) is 0 Å². The maximum Gasteiger partial charge on any atom is 0.472 e. The first-order chi connectivity index (χ1) is 27.2. The summed E-state index contributed by atoms with van der Waals surface area (Å²) in [5.41, 5.74) is 5.34. The van der Waals surface area contributed by atoms with Gasteiger partial charge < -0.3 is 25.2 Å². The average Bonchev–Trinajstić information content (AvgIpc) is 3.18. The smallest absolute Gasteiger partial charge is 0.462 e. The van der Waals surface area contributed by atoms with Crippen LogP contribution in [0.3, 0.4) is 0 Å². The van der Waals surface area contributed by atoms with Gasteiger partial charge in [0.1, 0.15) is 6.61 Å². The van der Waals surface area contributed by atoms with E-state index in [0.717, 1.165) is 44.9 Å². The molecule has 0 bridgehead atoms. The van der Waals surface area contributed by atoms with Crippen LogP contribution in [0.2, 0.25) is 0 Å². The van der Waals surface area contributed by atoms with E-state index < -0.39 is 38.6 Å². The van der Waals surface area contributed by atoms with Crippen molar-refractivity contribution in [3.8, 4) is 0 Å². The van der Waals surface area contributed by atoms with Crippen molar-refractivity contribution in [2.24, 2.45) is 5.73 Å². The normalized spacial score (nSPS) is 14.6. The molecule has 0 aliphatic carbocycles. The van der Waals surface area contributed by atoms with Crippen LogP contribution >= 0.6 is 7.82 Å². The van der Waals surface area contributed by atoms with Gasteiger partial charge in [-0.2, -0.15) is 0 Å². The summed E-state index contributed by atoms with van der Waals surface area (Å²) in [6.07, 6.45) is 45.3. The number of nitrogens with two attached hydrogens (primary N) is 1. The fourth-order valence-electron chi connectivity index (χ4n) is 5.38. The number of aliphatic hydroxyl groups excluding tert-OH is 1. The minimum absolute atomic E-state index is 0.0318. The SMILES string of the molecule is CCCCC/C=C\C=C/[C@@H](O)C/C=C\C/C=C/CCCC(=O)OC[C@H](COP(=O)(O)OCCN)OC(=O)CCCCCCCCC/C=C\C/C=C\CCCCC. The quantitative estimate of drug-likeness (QED) is 0.0180. The summed E-state index contributed by atoms with van der Waals surface area (Å²) in [6.45, 7) is 3.50. The molecule has 56 heavy (non-hydrogen) atoms. The lowest BCUT2D eigenvalue weighted by Crippen LogP contribution is -2.29. The molecule has 0 spiro atoms. The molecule has 0 saturated carbocycles. The Morgan fingerprint density at radius 3 is 1.79 bits per heavy atom. The zero-order chi connectivity index (χ0) is 41.2. The first-order valence-corrected chi connectivity index (χ1v) is 23.0. The minimum atomic E-state index is -4.41. The van der Waals surface area contributed by atoms with E-state index in [1.807, 2.05) is 36.5 Å². The number of hydrogen-bond donors (Lipinski definition) is 3. The van der Waals surface area contributed by atoms with Gasteiger partial charge in [-0.15, -0.1) is 0 Å². The Labute approximate surface area is 340 Å². The number of phosphoric acid groups is 1. The molecule has 3 atom stereocenters. The highest BCUT2D eigenvalue weighted by atomic mass is 31.2. The zero-order valence-corrected chi connectivity index (χ0v) is 35.8. The average molecular weight is 808 g/mol. The molecule has 0 aromatic rings. The summed E-state index contributed by atoms with van der Waals surface area (Å²) < 4.78 is 32.7. The standard InChI is InChI=1S/C45H78NO9P/c1-3-5-7-9-11-12-13-14-15-16-17-18-19-20-24-29-33-37-45(49)55-43(41-54-56(50,51)53-39-38-46)40-52-44(48)36-32-28-25-21-23-27-31-35-42(47)34-30-26-22-10-8-6-4-2/h11-12,14-15,21-22,25-27,30-31,34,42-43,47H,3-10,13,16-20,23-24,28-29,32-33,35-41,46H2,1-2H3,(H,50,51)/b12-11-,15-14-,25-21+,26-22-,31-27-,34-30-/t42-,43-/m1/s1. The number of phosphoric ester groups is 1. The van der Waals surface area contributed by atoms with Gasteiger partial charge in [-0.1, -0.05) is 145 Å². The predicted octanol–water partition coefficient (Wildman–Crippen LogP) is 11.2. The summed E-state index contributed by atoms with van der Waals surface area (Å²) in [5.74, 6) is -0.950. The van der Waals surface area contributed by atoms with E-state index in [0.29, 0.717) is 25.7 Å². The third-order valence-electron chi connectivity index (χ3n) is 8.65. The van der Waals surface area contributed by atoms with Crippen molar-refractivity contribution >= 4 is 19.8 Å². The lowest BCUT2D eigenvalue weighted by Gasteiger charge is -2.19. The number of esters is 2. The number of rotatable bonds is 39. The first kappa shape index (κ1) is 53.4. The van der Waals surface area contributed by atoms with Crippen LogP contribution < -0.4 is 5.73 Å². The molecule has 1 unspecified atom stereocenters. The van der Waals surface area contributed by atoms with Gasteiger partial charge in [0.25, 0.3) is 0 Å². The molecule has 0 radical (unpaired) electrons.